The van der Waals surface area contributed by atoms with Crippen LogP contribution in [-0.4, -0.2) is 28.7 Å². The normalized spacial score (nSPS) is 11.5. The van der Waals surface area contributed by atoms with E-state index in [2.05, 4.69) is 5.32 Å². The Hall–Kier alpha value is -1.46. The van der Waals surface area contributed by atoms with E-state index in [4.69, 9.17) is 5.11 Å². The van der Waals surface area contributed by atoms with E-state index in [1.807, 2.05) is 13.8 Å². The maximum Gasteiger partial charge on any atom is 0.272 e. The second-order valence-electron chi connectivity index (χ2n) is 4.92. The predicted molar refractivity (Wildman–Crippen MR) is 70.6 cm³/mol. The number of rotatable bonds is 7. The summed E-state index contributed by atoms with van der Waals surface area (Å²) in [6.07, 6.45) is 1.26. The number of nitro benzene ring substituents is 1. The highest BCUT2D eigenvalue weighted by atomic mass is 16.6. The zero-order chi connectivity index (χ0) is 13.6. The van der Waals surface area contributed by atoms with Gasteiger partial charge in [0.05, 0.1) is 4.92 Å². The van der Waals surface area contributed by atoms with Crippen LogP contribution in [0.4, 0.5) is 5.69 Å². The molecule has 0 fully saturated rings. The Labute approximate surface area is 107 Å². The van der Waals surface area contributed by atoms with Gasteiger partial charge in [-0.25, -0.2) is 0 Å². The number of nitrogens with one attached hydrogen (secondary N) is 1. The van der Waals surface area contributed by atoms with Gasteiger partial charge >= 0.3 is 0 Å². The summed E-state index contributed by atoms with van der Waals surface area (Å²) in [5, 5.41) is 23.0. The fourth-order valence-electron chi connectivity index (χ4n) is 1.80. The molecule has 0 saturated heterocycles. The van der Waals surface area contributed by atoms with Gasteiger partial charge in [0.25, 0.3) is 5.69 Å². The largest absolute Gasteiger partial charge is 0.396 e. The lowest BCUT2D eigenvalue weighted by atomic mass is 10.0. The van der Waals surface area contributed by atoms with Crippen LogP contribution in [0.3, 0.4) is 0 Å². The number of hydrogen-bond acceptors (Lipinski definition) is 4. The van der Waals surface area contributed by atoms with E-state index in [1.54, 1.807) is 18.2 Å². The van der Waals surface area contributed by atoms with Crippen molar-refractivity contribution in [3.8, 4) is 0 Å². The van der Waals surface area contributed by atoms with Crippen LogP contribution in [0.15, 0.2) is 24.3 Å². The average molecular weight is 252 g/mol. The lowest BCUT2D eigenvalue weighted by Crippen LogP contribution is -2.41. The Bertz CT molecular complexity index is 405. The van der Waals surface area contributed by atoms with E-state index in [-0.39, 0.29) is 22.8 Å². The molecule has 0 aliphatic rings. The van der Waals surface area contributed by atoms with Crippen LogP contribution in [-0.2, 0) is 6.42 Å². The molecule has 0 radical (unpaired) electrons. The maximum absolute atomic E-state index is 10.8. The fourth-order valence-corrected chi connectivity index (χ4v) is 1.80. The van der Waals surface area contributed by atoms with Gasteiger partial charge in [0.2, 0.25) is 0 Å². The number of nitro groups is 1. The topological polar surface area (TPSA) is 75.4 Å². The molecule has 100 valence electrons. The van der Waals surface area contributed by atoms with Crippen LogP contribution in [0.1, 0.15) is 25.8 Å². The molecule has 0 amide bonds. The van der Waals surface area contributed by atoms with Crippen molar-refractivity contribution in [1.29, 1.82) is 0 Å². The third-order valence-electron chi connectivity index (χ3n) is 2.92. The average Bonchev–Trinajstić information content (AvgIpc) is 2.29. The Morgan fingerprint density at radius 1 is 1.39 bits per heavy atom. The SMILES string of the molecule is CC(C)(CCO)NCCc1ccccc1[N+](=O)[O-]. The fraction of sp³-hybridized carbons (Fsp3) is 0.538. The molecule has 18 heavy (non-hydrogen) atoms. The minimum absolute atomic E-state index is 0.130. The molecular weight excluding hydrogens is 232 g/mol. The first kappa shape index (κ1) is 14.6. The number of para-hydroxylation sites is 1. The molecule has 0 atom stereocenters. The van der Waals surface area contributed by atoms with E-state index >= 15 is 0 Å². The molecule has 2 N–H and O–H groups in total. The van der Waals surface area contributed by atoms with Crippen molar-refractivity contribution < 1.29 is 10.0 Å². The van der Waals surface area contributed by atoms with Gasteiger partial charge in [-0.2, -0.15) is 0 Å². The second-order valence-corrected chi connectivity index (χ2v) is 4.92. The van der Waals surface area contributed by atoms with Gasteiger partial charge in [-0.05, 0) is 33.2 Å². The highest BCUT2D eigenvalue weighted by molar-refractivity contribution is 5.39. The highest BCUT2D eigenvalue weighted by Gasteiger charge is 2.17. The number of benzene rings is 1. The van der Waals surface area contributed by atoms with Crippen molar-refractivity contribution in [3.63, 3.8) is 0 Å². The summed E-state index contributed by atoms with van der Waals surface area (Å²) in [5.41, 5.74) is 0.743. The molecule has 1 aromatic rings. The first-order valence-corrected chi connectivity index (χ1v) is 6.04. The molecule has 1 rings (SSSR count). The van der Waals surface area contributed by atoms with Crippen molar-refractivity contribution in [1.82, 2.24) is 5.32 Å². The molecule has 0 unspecified atom stereocenters. The summed E-state index contributed by atoms with van der Waals surface area (Å²) in [6.45, 7) is 4.79. The van der Waals surface area contributed by atoms with Gasteiger partial charge in [0.1, 0.15) is 0 Å². The quantitative estimate of drug-likeness (QED) is 0.574. The molecule has 0 aliphatic heterocycles. The standard InChI is InChI=1S/C13H20N2O3/c1-13(2,8-10-16)14-9-7-11-5-3-4-6-12(11)15(17)18/h3-6,14,16H,7-10H2,1-2H3. The van der Waals surface area contributed by atoms with Crippen LogP contribution in [0.2, 0.25) is 0 Å². The van der Waals surface area contributed by atoms with Crippen LogP contribution >= 0.6 is 0 Å². The minimum atomic E-state index is -0.353. The van der Waals surface area contributed by atoms with Gasteiger partial charge in [0, 0.05) is 23.8 Å². The van der Waals surface area contributed by atoms with Crippen molar-refractivity contribution >= 4 is 5.69 Å². The van der Waals surface area contributed by atoms with Gasteiger partial charge < -0.3 is 10.4 Å². The van der Waals surface area contributed by atoms with Crippen molar-refractivity contribution in [2.75, 3.05) is 13.2 Å². The lowest BCUT2D eigenvalue weighted by molar-refractivity contribution is -0.385. The second kappa shape index (κ2) is 6.47. The van der Waals surface area contributed by atoms with E-state index < -0.39 is 0 Å². The van der Waals surface area contributed by atoms with Crippen LogP contribution in [0.25, 0.3) is 0 Å². The zero-order valence-electron chi connectivity index (χ0n) is 10.8. The summed E-state index contributed by atoms with van der Waals surface area (Å²) in [7, 11) is 0. The Kier molecular flexibility index (Phi) is 5.25. The lowest BCUT2D eigenvalue weighted by Gasteiger charge is -2.25. The maximum atomic E-state index is 10.8. The van der Waals surface area contributed by atoms with Crippen LogP contribution < -0.4 is 5.32 Å². The third-order valence-corrected chi connectivity index (χ3v) is 2.92. The summed E-state index contributed by atoms with van der Waals surface area (Å²) < 4.78 is 0. The molecule has 5 heteroatoms. The van der Waals surface area contributed by atoms with E-state index in [9.17, 15) is 10.1 Å². The highest BCUT2D eigenvalue weighted by Crippen LogP contribution is 2.18. The van der Waals surface area contributed by atoms with E-state index in [0.29, 0.717) is 19.4 Å². The summed E-state index contributed by atoms with van der Waals surface area (Å²) in [4.78, 5) is 10.5. The summed E-state index contributed by atoms with van der Waals surface area (Å²) in [6, 6.07) is 6.78. The molecular formula is C13H20N2O3. The van der Waals surface area contributed by atoms with Crippen molar-refractivity contribution in [2.45, 2.75) is 32.2 Å². The molecule has 5 nitrogen and oxygen atoms in total. The van der Waals surface area contributed by atoms with Crippen molar-refractivity contribution in [2.24, 2.45) is 0 Å². The molecule has 0 aromatic heterocycles. The Balaban J connectivity index is 2.56. The first-order valence-electron chi connectivity index (χ1n) is 6.04. The number of aliphatic hydroxyl groups is 1. The smallest absolute Gasteiger partial charge is 0.272 e. The molecule has 1 aromatic carbocycles. The summed E-state index contributed by atoms with van der Waals surface area (Å²) >= 11 is 0. The van der Waals surface area contributed by atoms with Gasteiger partial charge in [0.15, 0.2) is 0 Å². The molecule has 0 bridgehead atoms. The predicted octanol–water partition coefficient (Wildman–Crippen LogP) is 1.89. The number of aliphatic hydroxyl groups excluding tert-OH is 1. The zero-order valence-corrected chi connectivity index (χ0v) is 10.8. The summed E-state index contributed by atoms with van der Waals surface area (Å²) in [5.74, 6) is 0. The molecule has 0 heterocycles. The van der Waals surface area contributed by atoms with Crippen LogP contribution in [0, 0.1) is 10.1 Å². The van der Waals surface area contributed by atoms with E-state index in [0.717, 1.165) is 5.56 Å². The third kappa shape index (κ3) is 4.43. The molecule has 0 spiro atoms. The Morgan fingerprint density at radius 3 is 2.67 bits per heavy atom. The van der Waals surface area contributed by atoms with Gasteiger partial charge in [-0.15, -0.1) is 0 Å². The van der Waals surface area contributed by atoms with Gasteiger partial charge in [-0.1, -0.05) is 18.2 Å². The molecule has 0 saturated carbocycles. The minimum Gasteiger partial charge on any atom is -0.396 e. The van der Waals surface area contributed by atoms with Crippen LogP contribution in [0.5, 0.6) is 0 Å². The number of nitrogens with zero attached hydrogens (tertiary/aromatic N) is 1. The van der Waals surface area contributed by atoms with Crippen molar-refractivity contribution in [3.05, 3.63) is 39.9 Å². The molecule has 0 aliphatic carbocycles. The van der Waals surface area contributed by atoms with Gasteiger partial charge in [-0.3, -0.25) is 10.1 Å². The Morgan fingerprint density at radius 2 is 2.06 bits per heavy atom. The number of hydrogen-bond donors (Lipinski definition) is 2. The van der Waals surface area contributed by atoms with E-state index in [1.165, 1.54) is 6.07 Å². The first-order chi connectivity index (χ1) is 8.46. The monoisotopic (exact) mass is 252 g/mol.